The quantitative estimate of drug-likeness (QED) is 0.776. The summed E-state index contributed by atoms with van der Waals surface area (Å²) in [6.45, 7) is 2.00. The van der Waals surface area contributed by atoms with Gasteiger partial charge in [-0.2, -0.15) is 4.98 Å². The second-order valence-corrected chi connectivity index (χ2v) is 5.20. The van der Waals surface area contributed by atoms with Crippen LogP contribution in [-0.2, 0) is 11.8 Å². The third kappa shape index (κ3) is 1.80. The minimum atomic E-state index is -0.295. The van der Waals surface area contributed by atoms with Crippen LogP contribution in [0.15, 0.2) is 11.1 Å². The third-order valence-electron chi connectivity index (χ3n) is 3.77. The van der Waals surface area contributed by atoms with E-state index in [0.29, 0.717) is 5.65 Å². The minimum Gasteiger partial charge on any atom is -0.394 e. The van der Waals surface area contributed by atoms with E-state index in [9.17, 15) is 9.90 Å². The van der Waals surface area contributed by atoms with Gasteiger partial charge >= 0.3 is 0 Å². The van der Waals surface area contributed by atoms with Crippen LogP contribution in [0.1, 0.15) is 19.6 Å². The second kappa shape index (κ2) is 4.57. The van der Waals surface area contributed by atoms with Gasteiger partial charge in [-0.1, -0.05) is 6.92 Å². The summed E-state index contributed by atoms with van der Waals surface area (Å²) in [4.78, 5) is 20.4. The lowest BCUT2D eigenvalue weighted by Gasteiger charge is -2.17. The first-order valence-electron chi connectivity index (χ1n) is 6.48. The van der Waals surface area contributed by atoms with Crippen molar-refractivity contribution in [2.24, 2.45) is 13.0 Å². The van der Waals surface area contributed by atoms with E-state index in [1.165, 1.54) is 4.57 Å². The van der Waals surface area contributed by atoms with Crippen molar-refractivity contribution in [2.45, 2.75) is 25.7 Å². The molecule has 0 aromatic carbocycles. The Morgan fingerprint density at radius 2 is 2.35 bits per heavy atom. The number of anilines is 1. The number of ether oxygens (including phenoxy) is 1. The predicted molar refractivity (Wildman–Crippen MR) is 72.0 cm³/mol. The lowest BCUT2D eigenvalue weighted by atomic mass is 10.1. The normalized spacial score (nSPS) is 26.4. The van der Waals surface area contributed by atoms with Crippen molar-refractivity contribution in [3.05, 3.63) is 16.7 Å². The van der Waals surface area contributed by atoms with Crippen LogP contribution < -0.4 is 11.3 Å². The molecule has 3 heterocycles. The summed E-state index contributed by atoms with van der Waals surface area (Å²) in [5.41, 5.74) is 6.14. The van der Waals surface area contributed by atoms with Crippen LogP contribution >= 0.6 is 0 Å². The van der Waals surface area contributed by atoms with E-state index in [0.717, 1.165) is 6.42 Å². The molecule has 0 spiro atoms. The molecule has 0 aliphatic carbocycles. The molecule has 0 bridgehead atoms. The highest BCUT2D eigenvalue weighted by Crippen LogP contribution is 2.35. The Bertz CT molecular complexity index is 707. The van der Waals surface area contributed by atoms with E-state index in [4.69, 9.17) is 10.5 Å². The molecule has 3 rings (SSSR count). The number of fused-ring (bicyclic) bond motifs is 1. The number of imidazole rings is 1. The molecule has 1 fully saturated rings. The first-order valence-corrected chi connectivity index (χ1v) is 6.48. The topological polar surface area (TPSA) is 108 Å². The van der Waals surface area contributed by atoms with E-state index >= 15 is 0 Å². The first-order chi connectivity index (χ1) is 9.52. The summed E-state index contributed by atoms with van der Waals surface area (Å²) in [5, 5.41) is 9.20. The number of hydrogen-bond acceptors (Lipinski definition) is 6. The van der Waals surface area contributed by atoms with Gasteiger partial charge in [0.2, 0.25) is 5.95 Å². The average molecular weight is 279 g/mol. The SMILES string of the molecule is CC1CC(CO)OC1n1cnc2c(=O)n(C)c(N)nc21. The molecule has 108 valence electrons. The van der Waals surface area contributed by atoms with Gasteiger partial charge in [-0.05, 0) is 6.42 Å². The molecule has 2 aromatic heterocycles. The monoisotopic (exact) mass is 279 g/mol. The van der Waals surface area contributed by atoms with Crippen LogP contribution in [0.3, 0.4) is 0 Å². The smallest absolute Gasteiger partial charge is 0.282 e. The van der Waals surface area contributed by atoms with E-state index in [-0.39, 0.29) is 41.9 Å². The maximum absolute atomic E-state index is 12.1. The Kier molecular flexibility index (Phi) is 2.98. The summed E-state index contributed by atoms with van der Waals surface area (Å²) in [7, 11) is 1.56. The second-order valence-electron chi connectivity index (χ2n) is 5.20. The molecule has 0 radical (unpaired) electrons. The van der Waals surface area contributed by atoms with Gasteiger partial charge in [0.15, 0.2) is 11.2 Å². The van der Waals surface area contributed by atoms with Crippen LogP contribution in [0.4, 0.5) is 5.95 Å². The Morgan fingerprint density at radius 3 is 3.00 bits per heavy atom. The van der Waals surface area contributed by atoms with Gasteiger partial charge in [0.25, 0.3) is 5.56 Å². The van der Waals surface area contributed by atoms with Crippen LogP contribution in [0.2, 0.25) is 0 Å². The largest absolute Gasteiger partial charge is 0.394 e. The van der Waals surface area contributed by atoms with Gasteiger partial charge in [0.1, 0.15) is 6.23 Å². The predicted octanol–water partition coefficient (Wildman–Crippen LogP) is -0.372. The van der Waals surface area contributed by atoms with Gasteiger partial charge in [-0.25, -0.2) is 4.98 Å². The molecular weight excluding hydrogens is 262 g/mol. The molecule has 2 aromatic rings. The van der Waals surface area contributed by atoms with Crippen molar-refractivity contribution in [2.75, 3.05) is 12.3 Å². The Morgan fingerprint density at radius 1 is 1.60 bits per heavy atom. The van der Waals surface area contributed by atoms with Gasteiger partial charge in [-0.15, -0.1) is 0 Å². The number of nitrogen functional groups attached to an aromatic ring is 1. The molecule has 3 unspecified atom stereocenters. The minimum absolute atomic E-state index is 0.0230. The number of aliphatic hydroxyl groups excluding tert-OH is 1. The molecule has 1 saturated heterocycles. The van der Waals surface area contributed by atoms with Gasteiger partial charge in [0.05, 0.1) is 19.0 Å². The summed E-state index contributed by atoms with van der Waals surface area (Å²) in [6, 6.07) is 0. The maximum Gasteiger partial charge on any atom is 0.282 e. The van der Waals surface area contributed by atoms with E-state index < -0.39 is 0 Å². The molecule has 3 atom stereocenters. The third-order valence-corrected chi connectivity index (χ3v) is 3.77. The number of nitrogens with two attached hydrogens (primary N) is 1. The van der Waals surface area contributed by atoms with Gasteiger partial charge in [-0.3, -0.25) is 13.9 Å². The van der Waals surface area contributed by atoms with E-state index in [2.05, 4.69) is 9.97 Å². The zero-order chi connectivity index (χ0) is 14.4. The number of aliphatic hydroxyl groups is 1. The van der Waals surface area contributed by atoms with Gasteiger partial charge < -0.3 is 15.6 Å². The van der Waals surface area contributed by atoms with Crippen LogP contribution in [-0.4, -0.2) is 36.9 Å². The molecule has 3 N–H and O–H groups in total. The maximum atomic E-state index is 12.1. The fraction of sp³-hybridized carbons (Fsp3) is 0.583. The Labute approximate surface area is 114 Å². The molecule has 1 aliphatic heterocycles. The number of rotatable bonds is 2. The van der Waals surface area contributed by atoms with Crippen LogP contribution in [0.25, 0.3) is 11.2 Å². The highest BCUT2D eigenvalue weighted by Gasteiger charge is 2.34. The summed E-state index contributed by atoms with van der Waals surface area (Å²) < 4.78 is 8.74. The zero-order valence-corrected chi connectivity index (χ0v) is 11.4. The first kappa shape index (κ1) is 13.1. The fourth-order valence-corrected chi connectivity index (χ4v) is 2.62. The highest BCUT2D eigenvalue weighted by atomic mass is 16.5. The molecule has 8 heteroatoms. The molecule has 8 nitrogen and oxygen atoms in total. The fourth-order valence-electron chi connectivity index (χ4n) is 2.62. The van der Waals surface area contributed by atoms with Crippen molar-refractivity contribution in [3.63, 3.8) is 0 Å². The molecule has 0 saturated carbocycles. The van der Waals surface area contributed by atoms with Crippen molar-refractivity contribution >= 4 is 17.1 Å². The molecule has 1 aliphatic rings. The average Bonchev–Trinajstić information content (AvgIpc) is 2.99. The van der Waals surface area contributed by atoms with Crippen molar-refractivity contribution in [1.29, 1.82) is 0 Å². The lowest BCUT2D eigenvalue weighted by Crippen LogP contribution is -2.23. The van der Waals surface area contributed by atoms with Gasteiger partial charge in [0, 0.05) is 13.0 Å². The van der Waals surface area contributed by atoms with E-state index in [1.54, 1.807) is 17.9 Å². The van der Waals surface area contributed by atoms with Crippen molar-refractivity contribution in [1.82, 2.24) is 19.1 Å². The number of aromatic nitrogens is 4. The number of nitrogens with zero attached hydrogens (tertiary/aromatic N) is 4. The highest BCUT2D eigenvalue weighted by molar-refractivity contribution is 5.70. The Balaban J connectivity index is 2.12. The molecular formula is C12H17N5O3. The van der Waals surface area contributed by atoms with E-state index in [1.807, 2.05) is 6.92 Å². The zero-order valence-electron chi connectivity index (χ0n) is 11.4. The molecule has 0 amide bonds. The summed E-state index contributed by atoms with van der Waals surface area (Å²) in [5.74, 6) is 0.324. The van der Waals surface area contributed by atoms with Crippen molar-refractivity contribution in [3.8, 4) is 0 Å². The summed E-state index contributed by atoms with van der Waals surface area (Å²) >= 11 is 0. The standard InChI is InChI=1S/C12H17N5O3/c1-6-3-7(4-18)20-11(6)17-5-14-8-9(17)15-12(13)16(2)10(8)19/h5-7,11,18H,3-4H2,1-2H3,(H2,13,15). The van der Waals surface area contributed by atoms with Crippen molar-refractivity contribution < 1.29 is 9.84 Å². The summed E-state index contributed by atoms with van der Waals surface area (Å²) in [6.07, 6.45) is 1.80. The number of hydrogen-bond donors (Lipinski definition) is 2. The Hall–Kier alpha value is -1.93. The van der Waals surface area contributed by atoms with Crippen LogP contribution in [0.5, 0.6) is 0 Å². The lowest BCUT2D eigenvalue weighted by molar-refractivity contribution is -0.0294. The molecule has 20 heavy (non-hydrogen) atoms. The van der Waals surface area contributed by atoms with Crippen LogP contribution in [0, 0.1) is 5.92 Å².